The number of carbonyl (C=O) groups excluding carboxylic acids is 1. The van der Waals surface area contributed by atoms with Crippen molar-refractivity contribution in [3.05, 3.63) is 47.3 Å². The van der Waals surface area contributed by atoms with E-state index in [1.54, 1.807) is 24.9 Å². The van der Waals surface area contributed by atoms with Crippen LogP contribution in [0.3, 0.4) is 0 Å². The summed E-state index contributed by atoms with van der Waals surface area (Å²) in [6.07, 6.45) is -4.88. The molecule has 1 atom stereocenters. The van der Waals surface area contributed by atoms with Crippen LogP contribution in [-0.2, 0) is 18.0 Å². The second-order valence-electron chi connectivity index (χ2n) is 6.38. The summed E-state index contributed by atoms with van der Waals surface area (Å²) in [5, 5.41) is 4.18. The van der Waals surface area contributed by atoms with Gasteiger partial charge in [-0.1, -0.05) is 0 Å². The van der Waals surface area contributed by atoms with E-state index in [-0.39, 0.29) is 19.1 Å². The molecule has 2 heterocycles. The van der Waals surface area contributed by atoms with Gasteiger partial charge in [0.2, 0.25) is 0 Å². The minimum atomic E-state index is -4.39. The van der Waals surface area contributed by atoms with Gasteiger partial charge in [-0.05, 0) is 37.3 Å². The summed E-state index contributed by atoms with van der Waals surface area (Å²) >= 11 is 0. The number of aromatic nitrogens is 2. The first-order valence-corrected chi connectivity index (χ1v) is 8.45. The molecule has 0 radical (unpaired) electrons. The quantitative estimate of drug-likeness (QED) is 0.818. The Kier molecular flexibility index (Phi) is 5.41. The van der Waals surface area contributed by atoms with Crippen molar-refractivity contribution in [3.63, 3.8) is 0 Å². The maximum absolute atomic E-state index is 12.8. The third kappa shape index (κ3) is 4.60. The standard InChI is InChI=1S/C18H20F3N3O3/c1-12-9-16(23(2)22-12)17(25)24-7-8-26-11-15(10-24)27-14-5-3-13(4-6-14)18(19,20)21/h3-6,9,15H,7-8,10-11H2,1-2H3/t15-/m1/s1. The highest BCUT2D eigenvalue weighted by Gasteiger charge is 2.30. The number of amides is 1. The number of alkyl halides is 3. The monoisotopic (exact) mass is 383 g/mol. The molecule has 1 amide bonds. The molecule has 0 N–H and O–H groups in total. The van der Waals surface area contributed by atoms with Gasteiger partial charge in [-0.25, -0.2) is 0 Å². The fourth-order valence-corrected chi connectivity index (χ4v) is 2.92. The molecule has 0 aliphatic carbocycles. The summed E-state index contributed by atoms with van der Waals surface area (Å²) in [7, 11) is 1.70. The predicted octanol–water partition coefficient (Wildman–Crippen LogP) is 2.67. The molecule has 2 aromatic rings. The van der Waals surface area contributed by atoms with Gasteiger partial charge < -0.3 is 14.4 Å². The second-order valence-corrected chi connectivity index (χ2v) is 6.38. The molecule has 27 heavy (non-hydrogen) atoms. The SMILES string of the molecule is Cc1cc(C(=O)N2CCOC[C@H](Oc3ccc(C(F)(F)F)cc3)C2)n(C)n1. The predicted molar refractivity (Wildman–Crippen MR) is 90.5 cm³/mol. The number of rotatable bonds is 3. The lowest BCUT2D eigenvalue weighted by Gasteiger charge is -2.24. The van der Waals surface area contributed by atoms with E-state index in [1.165, 1.54) is 16.8 Å². The zero-order valence-corrected chi connectivity index (χ0v) is 15.0. The lowest BCUT2D eigenvalue weighted by atomic mass is 10.2. The van der Waals surface area contributed by atoms with Gasteiger partial charge in [-0.15, -0.1) is 0 Å². The number of hydrogen-bond acceptors (Lipinski definition) is 4. The molecule has 1 saturated heterocycles. The van der Waals surface area contributed by atoms with E-state index in [1.807, 2.05) is 0 Å². The van der Waals surface area contributed by atoms with Crippen LogP contribution in [0.5, 0.6) is 5.75 Å². The van der Waals surface area contributed by atoms with Crippen LogP contribution in [0, 0.1) is 6.92 Å². The van der Waals surface area contributed by atoms with Crippen molar-refractivity contribution < 1.29 is 27.4 Å². The number of aryl methyl sites for hydroxylation is 2. The van der Waals surface area contributed by atoms with Gasteiger partial charge >= 0.3 is 6.18 Å². The topological polar surface area (TPSA) is 56.6 Å². The summed E-state index contributed by atoms with van der Waals surface area (Å²) in [4.78, 5) is 14.4. The van der Waals surface area contributed by atoms with Gasteiger partial charge in [0, 0.05) is 13.6 Å². The molecule has 6 nitrogen and oxygen atoms in total. The Balaban J connectivity index is 1.69. The molecule has 1 aromatic carbocycles. The van der Waals surface area contributed by atoms with Crippen LogP contribution in [0.15, 0.2) is 30.3 Å². The summed E-state index contributed by atoms with van der Waals surface area (Å²) in [5.41, 5.74) is 0.461. The number of hydrogen-bond donors (Lipinski definition) is 0. The Morgan fingerprint density at radius 3 is 2.59 bits per heavy atom. The Morgan fingerprint density at radius 1 is 1.30 bits per heavy atom. The molecule has 0 spiro atoms. The van der Waals surface area contributed by atoms with E-state index < -0.39 is 17.8 Å². The van der Waals surface area contributed by atoms with Crippen molar-refractivity contribution in [3.8, 4) is 5.75 Å². The fourth-order valence-electron chi connectivity index (χ4n) is 2.92. The van der Waals surface area contributed by atoms with E-state index in [2.05, 4.69) is 5.10 Å². The van der Waals surface area contributed by atoms with Gasteiger partial charge in [0.05, 0.1) is 31.0 Å². The summed E-state index contributed by atoms with van der Waals surface area (Å²) < 4.78 is 50.7. The maximum atomic E-state index is 12.8. The number of benzene rings is 1. The maximum Gasteiger partial charge on any atom is 0.416 e. The second kappa shape index (κ2) is 7.59. The van der Waals surface area contributed by atoms with Gasteiger partial charge in [0.1, 0.15) is 17.5 Å². The molecule has 1 fully saturated rings. The van der Waals surface area contributed by atoms with Crippen LogP contribution < -0.4 is 4.74 Å². The normalized spacial score (nSPS) is 18.3. The molecule has 0 saturated carbocycles. The first-order valence-electron chi connectivity index (χ1n) is 8.45. The summed E-state index contributed by atoms with van der Waals surface area (Å²) in [6.45, 7) is 3.07. The van der Waals surface area contributed by atoms with E-state index in [0.29, 0.717) is 24.6 Å². The van der Waals surface area contributed by atoms with Gasteiger partial charge in [0.15, 0.2) is 0 Å². The van der Waals surface area contributed by atoms with E-state index >= 15 is 0 Å². The summed E-state index contributed by atoms with van der Waals surface area (Å²) in [6, 6.07) is 6.18. The number of carbonyl (C=O) groups is 1. The minimum absolute atomic E-state index is 0.190. The molecular weight excluding hydrogens is 363 g/mol. The van der Waals surface area contributed by atoms with Crippen LogP contribution >= 0.6 is 0 Å². The number of nitrogens with zero attached hydrogens (tertiary/aromatic N) is 3. The molecule has 1 aliphatic rings. The third-order valence-electron chi connectivity index (χ3n) is 4.23. The number of ether oxygens (including phenoxy) is 2. The average molecular weight is 383 g/mol. The minimum Gasteiger partial charge on any atom is -0.486 e. The zero-order valence-electron chi connectivity index (χ0n) is 15.0. The van der Waals surface area contributed by atoms with Crippen molar-refractivity contribution in [1.29, 1.82) is 0 Å². The van der Waals surface area contributed by atoms with Crippen LogP contribution in [0.25, 0.3) is 0 Å². The van der Waals surface area contributed by atoms with Gasteiger partial charge in [-0.2, -0.15) is 18.3 Å². The molecular formula is C18H20F3N3O3. The fraction of sp³-hybridized carbons (Fsp3) is 0.444. The van der Waals surface area contributed by atoms with Crippen molar-refractivity contribution in [1.82, 2.24) is 14.7 Å². The van der Waals surface area contributed by atoms with Crippen LogP contribution in [0.2, 0.25) is 0 Å². The molecule has 3 rings (SSSR count). The number of halogens is 3. The van der Waals surface area contributed by atoms with Crippen molar-refractivity contribution in [2.24, 2.45) is 7.05 Å². The lowest BCUT2D eigenvalue weighted by Crippen LogP contribution is -2.40. The van der Waals surface area contributed by atoms with Gasteiger partial charge in [-0.3, -0.25) is 9.48 Å². The smallest absolute Gasteiger partial charge is 0.416 e. The zero-order chi connectivity index (χ0) is 19.6. The molecule has 0 unspecified atom stereocenters. The van der Waals surface area contributed by atoms with Crippen molar-refractivity contribution >= 4 is 5.91 Å². The summed E-state index contributed by atoms with van der Waals surface area (Å²) in [5.74, 6) is 0.104. The highest BCUT2D eigenvalue weighted by atomic mass is 19.4. The van der Waals surface area contributed by atoms with Crippen LogP contribution in [0.4, 0.5) is 13.2 Å². The van der Waals surface area contributed by atoms with Crippen LogP contribution in [0.1, 0.15) is 21.7 Å². The molecule has 9 heteroatoms. The van der Waals surface area contributed by atoms with E-state index in [9.17, 15) is 18.0 Å². The van der Waals surface area contributed by atoms with Crippen molar-refractivity contribution in [2.75, 3.05) is 26.3 Å². The Morgan fingerprint density at radius 2 is 2.00 bits per heavy atom. The van der Waals surface area contributed by atoms with E-state index in [4.69, 9.17) is 9.47 Å². The highest BCUT2D eigenvalue weighted by Crippen LogP contribution is 2.30. The lowest BCUT2D eigenvalue weighted by molar-refractivity contribution is -0.137. The molecule has 146 valence electrons. The Bertz CT molecular complexity index is 802. The van der Waals surface area contributed by atoms with Crippen molar-refractivity contribution in [2.45, 2.75) is 19.2 Å². The third-order valence-corrected chi connectivity index (χ3v) is 4.23. The largest absolute Gasteiger partial charge is 0.486 e. The van der Waals surface area contributed by atoms with Crippen LogP contribution in [-0.4, -0.2) is 53.0 Å². The average Bonchev–Trinajstić information content (AvgIpc) is 2.80. The Labute approximate surface area is 154 Å². The first kappa shape index (κ1) is 19.2. The molecule has 1 aliphatic heterocycles. The molecule has 1 aromatic heterocycles. The van der Waals surface area contributed by atoms with Gasteiger partial charge in [0.25, 0.3) is 5.91 Å². The Hall–Kier alpha value is -2.55. The van der Waals surface area contributed by atoms with E-state index in [0.717, 1.165) is 17.8 Å². The first-order chi connectivity index (χ1) is 12.7. The highest BCUT2D eigenvalue weighted by molar-refractivity contribution is 5.92. The molecule has 0 bridgehead atoms.